The molecule has 0 spiro atoms. The van der Waals surface area contributed by atoms with E-state index in [9.17, 15) is 4.79 Å². The number of ether oxygens (including phenoxy) is 1. The van der Waals surface area contributed by atoms with Crippen molar-refractivity contribution in [1.82, 2.24) is 9.88 Å². The summed E-state index contributed by atoms with van der Waals surface area (Å²) in [6, 6.07) is 0. The van der Waals surface area contributed by atoms with Crippen molar-refractivity contribution in [1.29, 1.82) is 0 Å². The number of esters is 1. The predicted molar refractivity (Wildman–Crippen MR) is 72.4 cm³/mol. The number of thiazole rings is 1. The number of aromatic nitrogens is 1. The highest BCUT2D eigenvalue weighted by molar-refractivity contribution is 7.17. The largest absolute Gasteiger partial charge is 0.465 e. The summed E-state index contributed by atoms with van der Waals surface area (Å²) in [7, 11) is 3.40. The number of methoxy groups -OCH3 is 1. The second-order valence-electron chi connectivity index (χ2n) is 4.47. The SMILES string of the molecule is COC(=O)c1cnc(N(C)CCN2CCCC2)s1. The van der Waals surface area contributed by atoms with Gasteiger partial charge in [0.2, 0.25) is 0 Å². The van der Waals surface area contributed by atoms with Gasteiger partial charge in [0.1, 0.15) is 4.88 Å². The third-order valence-corrected chi connectivity index (χ3v) is 4.25. The van der Waals surface area contributed by atoms with Gasteiger partial charge in [0.05, 0.1) is 13.3 Å². The van der Waals surface area contributed by atoms with Gasteiger partial charge in [-0.15, -0.1) is 0 Å². The molecular formula is C12H19N3O2S. The number of nitrogens with zero attached hydrogens (tertiary/aromatic N) is 3. The van der Waals surface area contributed by atoms with Crippen LogP contribution in [0.2, 0.25) is 0 Å². The number of hydrogen-bond acceptors (Lipinski definition) is 6. The summed E-state index contributed by atoms with van der Waals surface area (Å²) in [5, 5.41) is 0.870. The van der Waals surface area contributed by atoms with E-state index in [-0.39, 0.29) is 5.97 Å². The van der Waals surface area contributed by atoms with E-state index in [4.69, 9.17) is 0 Å². The maximum Gasteiger partial charge on any atom is 0.349 e. The van der Waals surface area contributed by atoms with Crippen LogP contribution in [0.1, 0.15) is 22.5 Å². The van der Waals surface area contributed by atoms with Crippen LogP contribution in [0, 0.1) is 0 Å². The fourth-order valence-electron chi connectivity index (χ4n) is 2.03. The molecule has 1 aromatic rings. The monoisotopic (exact) mass is 269 g/mol. The number of carbonyl (C=O) groups is 1. The van der Waals surface area contributed by atoms with Crippen molar-refractivity contribution in [2.45, 2.75) is 12.8 Å². The average Bonchev–Trinajstić information content (AvgIpc) is 3.05. The van der Waals surface area contributed by atoms with Crippen LogP contribution in [-0.4, -0.2) is 56.2 Å². The van der Waals surface area contributed by atoms with Crippen LogP contribution >= 0.6 is 11.3 Å². The summed E-state index contributed by atoms with van der Waals surface area (Å²) in [6.07, 6.45) is 4.21. The molecule has 2 heterocycles. The van der Waals surface area contributed by atoms with Crippen molar-refractivity contribution in [2.24, 2.45) is 0 Å². The van der Waals surface area contributed by atoms with Crippen molar-refractivity contribution < 1.29 is 9.53 Å². The van der Waals surface area contributed by atoms with Crippen LogP contribution in [0.25, 0.3) is 0 Å². The minimum absolute atomic E-state index is 0.313. The summed E-state index contributed by atoms with van der Waals surface area (Å²) in [5.74, 6) is -0.313. The molecule has 0 amide bonds. The predicted octanol–water partition coefficient (Wildman–Crippen LogP) is 1.46. The summed E-state index contributed by atoms with van der Waals surface area (Å²) in [5.41, 5.74) is 0. The lowest BCUT2D eigenvalue weighted by molar-refractivity contribution is 0.0606. The van der Waals surface area contributed by atoms with Gasteiger partial charge in [0.25, 0.3) is 0 Å². The maximum atomic E-state index is 11.3. The van der Waals surface area contributed by atoms with Crippen molar-refractivity contribution in [3.8, 4) is 0 Å². The van der Waals surface area contributed by atoms with E-state index in [1.807, 2.05) is 7.05 Å². The Labute approximate surface area is 111 Å². The fourth-order valence-corrected chi connectivity index (χ4v) is 2.85. The Balaban J connectivity index is 1.85. The topological polar surface area (TPSA) is 45.7 Å². The van der Waals surface area contributed by atoms with Crippen molar-refractivity contribution in [3.05, 3.63) is 11.1 Å². The standard InChI is InChI=1S/C12H19N3O2S/c1-14(7-8-15-5-3-4-6-15)12-13-9-10(18-12)11(16)17-2/h9H,3-8H2,1-2H3. The molecule has 18 heavy (non-hydrogen) atoms. The van der Waals surface area contributed by atoms with E-state index < -0.39 is 0 Å². The van der Waals surface area contributed by atoms with Gasteiger partial charge in [-0.3, -0.25) is 0 Å². The normalized spacial score (nSPS) is 15.9. The van der Waals surface area contributed by atoms with Crippen LogP contribution in [-0.2, 0) is 4.74 Å². The first kappa shape index (κ1) is 13.3. The molecule has 0 radical (unpaired) electrons. The van der Waals surface area contributed by atoms with Gasteiger partial charge >= 0.3 is 5.97 Å². The summed E-state index contributed by atoms with van der Waals surface area (Å²) >= 11 is 1.38. The third kappa shape index (κ3) is 3.20. The Morgan fingerprint density at radius 1 is 1.56 bits per heavy atom. The molecule has 1 aliphatic rings. The molecule has 2 rings (SSSR count). The fraction of sp³-hybridized carbons (Fsp3) is 0.667. The number of anilines is 1. The Kier molecular flexibility index (Phi) is 4.54. The number of hydrogen-bond donors (Lipinski definition) is 0. The third-order valence-electron chi connectivity index (χ3n) is 3.16. The molecule has 100 valence electrons. The summed E-state index contributed by atoms with van der Waals surface area (Å²) in [6.45, 7) is 4.41. The second-order valence-corrected chi connectivity index (χ2v) is 5.48. The van der Waals surface area contributed by atoms with E-state index in [1.165, 1.54) is 44.4 Å². The Hall–Kier alpha value is -1.14. The molecule has 5 nitrogen and oxygen atoms in total. The first-order valence-corrected chi connectivity index (χ1v) is 7.00. The second kappa shape index (κ2) is 6.15. The highest BCUT2D eigenvalue weighted by atomic mass is 32.1. The van der Waals surface area contributed by atoms with E-state index in [0.717, 1.165) is 18.2 Å². The Morgan fingerprint density at radius 3 is 2.94 bits per heavy atom. The molecule has 0 saturated carbocycles. The summed E-state index contributed by atoms with van der Waals surface area (Å²) in [4.78, 5) is 20.7. The molecule has 6 heteroatoms. The maximum absolute atomic E-state index is 11.3. The van der Waals surface area contributed by atoms with Gasteiger partial charge < -0.3 is 14.5 Å². The summed E-state index contributed by atoms with van der Waals surface area (Å²) < 4.78 is 4.68. The molecule has 0 atom stereocenters. The number of rotatable bonds is 5. The molecule has 0 aromatic carbocycles. The zero-order chi connectivity index (χ0) is 13.0. The van der Waals surface area contributed by atoms with Gasteiger partial charge in [0.15, 0.2) is 5.13 Å². The van der Waals surface area contributed by atoms with E-state index in [2.05, 4.69) is 19.5 Å². The van der Waals surface area contributed by atoms with Gasteiger partial charge in [-0.05, 0) is 25.9 Å². The highest BCUT2D eigenvalue weighted by Gasteiger charge is 2.15. The molecule has 1 aliphatic heterocycles. The lowest BCUT2D eigenvalue weighted by Crippen LogP contribution is -2.31. The lowest BCUT2D eigenvalue weighted by Gasteiger charge is -2.20. The van der Waals surface area contributed by atoms with Crippen LogP contribution in [0.4, 0.5) is 5.13 Å². The van der Waals surface area contributed by atoms with Gasteiger partial charge in [-0.2, -0.15) is 0 Å². The van der Waals surface area contributed by atoms with Crippen LogP contribution in [0.3, 0.4) is 0 Å². The quantitative estimate of drug-likeness (QED) is 0.757. The van der Waals surface area contributed by atoms with Crippen molar-refractivity contribution >= 4 is 22.4 Å². The van der Waals surface area contributed by atoms with Gasteiger partial charge in [-0.1, -0.05) is 11.3 Å². The Bertz CT molecular complexity index is 402. The molecule has 1 fully saturated rings. The van der Waals surface area contributed by atoms with Crippen LogP contribution in [0.5, 0.6) is 0 Å². The molecule has 0 N–H and O–H groups in total. The Morgan fingerprint density at radius 2 is 2.28 bits per heavy atom. The van der Waals surface area contributed by atoms with E-state index in [0.29, 0.717) is 4.88 Å². The number of carbonyl (C=O) groups excluding carboxylic acids is 1. The van der Waals surface area contributed by atoms with Gasteiger partial charge in [-0.25, -0.2) is 9.78 Å². The minimum atomic E-state index is -0.313. The van der Waals surface area contributed by atoms with Crippen molar-refractivity contribution in [2.75, 3.05) is 45.2 Å². The average molecular weight is 269 g/mol. The molecular weight excluding hydrogens is 250 g/mol. The molecule has 0 aliphatic carbocycles. The molecule has 0 bridgehead atoms. The zero-order valence-corrected chi connectivity index (χ0v) is 11.7. The zero-order valence-electron chi connectivity index (χ0n) is 10.9. The smallest absolute Gasteiger partial charge is 0.349 e. The minimum Gasteiger partial charge on any atom is -0.465 e. The van der Waals surface area contributed by atoms with Crippen LogP contribution < -0.4 is 4.90 Å². The molecule has 1 aromatic heterocycles. The highest BCUT2D eigenvalue weighted by Crippen LogP contribution is 2.22. The van der Waals surface area contributed by atoms with Crippen molar-refractivity contribution in [3.63, 3.8) is 0 Å². The first-order chi connectivity index (χ1) is 8.70. The number of likely N-dealkylation sites (tertiary alicyclic amines) is 1. The first-order valence-electron chi connectivity index (χ1n) is 6.18. The van der Waals surface area contributed by atoms with E-state index >= 15 is 0 Å². The molecule has 0 unspecified atom stereocenters. The van der Waals surface area contributed by atoms with Crippen LogP contribution in [0.15, 0.2) is 6.20 Å². The lowest BCUT2D eigenvalue weighted by atomic mass is 10.4. The van der Waals surface area contributed by atoms with E-state index in [1.54, 1.807) is 6.20 Å². The molecule has 1 saturated heterocycles. The number of likely N-dealkylation sites (N-methyl/N-ethyl adjacent to an activating group) is 1. The van der Waals surface area contributed by atoms with Gasteiger partial charge in [0, 0.05) is 20.1 Å².